The van der Waals surface area contributed by atoms with Crippen LogP contribution in [0.3, 0.4) is 0 Å². The zero-order valence-electron chi connectivity index (χ0n) is 18.1. The molecule has 0 heterocycles. The number of aliphatic carboxylic acids is 1. The van der Waals surface area contributed by atoms with Crippen LogP contribution in [0.5, 0.6) is 11.5 Å². The van der Waals surface area contributed by atoms with Crippen LogP contribution in [0.4, 0.5) is 4.39 Å². The van der Waals surface area contributed by atoms with Crippen molar-refractivity contribution in [3.05, 3.63) is 92.7 Å². The zero-order valence-corrected chi connectivity index (χ0v) is 19.6. The van der Waals surface area contributed by atoms with Crippen molar-refractivity contribution in [3.8, 4) is 17.6 Å². The van der Waals surface area contributed by atoms with Gasteiger partial charge in [-0.15, -0.1) is 0 Å². The number of hydrogen-bond donors (Lipinski definition) is 2. The summed E-state index contributed by atoms with van der Waals surface area (Å²) in [6, 6.07) is 15.0. The van der Waals surface area contributed by atoms with E-state index in [0.29, 0.717) is 22.4 Å². The van der Waals surface area contributed by atoms with E-state index < -0.39 is 18.1 Å². The van der Waals surface area contributed by atoms with Crippen LogP contribution in [-0.4, -0.2) is 17.1 Å². The second kappa shape index (κ2) is 11.2. The normalized spacial score (nSPS) is 12.5. The standard InChI is InChI=1S/C25H21Cl2FN2O4/c1-14(34-24-20(26)9-17(10-21(24)27)11-22(30)25(31)32)19-8-16(12-29)4-7-23(19)33-13-15-2-5-18(28)6-3-15/h2-10,14,22H,11,13,30H2,1H3,(H,31,32). The molecule has 0 bridgehead atoms. The molecule has 0 saturated carbocycles. The molecular formula is C25H21Cl2FN2O4. The van der Waals surface area contributed by atoms with E-state index in [9.17, 15) is 14.4 Å². The number of benzene rings is 3. The Hall–Kier alpha value is -3.31. The van der Waals surface area contributed by atoms with Crippen LogP contribution in [0.2, 0.25) is 10.0 Å². The Balaban J connectivity index is 1.83. The van der Waals surface area contributed by atoms with Gasteiger partial charge in [-0.1, -0.05) is 35.3 Å². The quantitative estimate of drug-likeness (QED) is 0.390. The number of hydrogen-bond acceptors (Lipinski definition) is 5. The summed E-state index contributed by atoms with van der Waals surface area (Å²) in [4.78, 5) is 11.0. The lowest BCUT2D eigenvalue weighted by atomic mass is 10.0. The van der Waals surface area contributed by atoms with Gasteiger partial charge in [0.1, 0.15) is 30.3 Å². The van der Waals surface area contributed by atoms with Crippen LogP contribution in [0.15, 0.2) is 54.6 Å². The Labute approximate surface area is 206 Å². The Morgan fingerprint density at radius 2 is 1.76 bits per heavy atom. The second-order valence-corrected chi connectivity index (χ2v) is 8.39. The van der Waals surface area contributed by atoms with Crippen LogP contribution < -0.4 is 15.2 Å². The van der Waals surface area contributed by atoms with Crippen molar-refractivity contribution in [2.45, 2.75) is 32.1 Å². The highest BCUT2D eigenvalue weighted by atomic mass is 35.5. The lowest BCUT2D eigenvalue weighted by Gasteiger charge is -2.21. The number of nitrogens with zero attached hydrogens (tertiary/aromatic N) is 1. The third-order valence-electron chi connectivity index (χ3n) is 5.01. The maximum atomic E-state index is 13.2. The summed E-state index contributed by atoms with van der Waals surface area (Å²) in [5.41, 5.74) is 7.91. The smallest absolute Gasteiger partial charge is 0.320 e. The molecule has 3 aromatic rings. The molecule has 3 aromatic carbocycles. The van der Waals surface area contributed by atoms with Gasteiger partial charge in [-0.2, -0.15) is 5.26 Å². The van der Waals surface area contributed by atoms with Crippen LogP contribution in [0.25, 0.3) is 0 Å². The minimum atomic E-state index is -1.13. The van der Waals surface area contributed by atoms with Crippen molar-refractivity contribution in [2.75, 3.05) is 0 Å². The average molecular weight is 503 g/mol. The fourth-order valence-electron chi connectivity index (χ4n) is 3.23. The van der Waals surface area contributed by atoms with Gasteiger partial charge in [0.15, 0.2) is 5.75 Å². The summed E-state index contributed by atoms with van der Waals surface area (Å²) >= 11 is 12.7. The highest BCUT2D eigenvalue weighted by molar-refractivity contribution is 6.37. The van der Waals surface area contributed by atoms with Crippen LogP contribution in [0, 0.1) is 17.1 Å². The molecule has 3 rings (SSSR count). The fourth-order valence-corrected chi connectivity index (χ4v) is 3.85. The fraction of sp³-hybridized carbons (Fsp3) is 0.200. The molecule has 0 saturated heterocycles. The molecule has 0 spiro atoms. The summed E-state index contributed by atoms with van der Waals surface area (Å²) in [5.74, 6) is -0.788. The summed E-state index contributed by atoms with van der Waals surface area (Å²) in [6.07, 6.45) is -0.561. The molecule has 6 nitrogen and oxygen atoms in total. The SMILES string of the molecule is CC(Oc1c(Cl)cc(CC(N)C(=O)O)cc1Cl)c1cc(C#N)ccc1OCc1ccc(F)cc1. The molecule has 34 heavy (non-hydrogen) atoms. The van der Waals surface area contributed by atoms with E-state index in [0.717, 1.165) is 5.56 Å². The molecule has 0 radical (unpaired) electrons. The molecule has 2 atom stereocenters. The predicted octanol–water partition coefficient (Wildman–Crippen LogP) is 5.68. The summed E-state index contributed by atoms with van der Waals surface area (Å²) in [6.45, 7) is 1.94. The molecular weight excluding hydrogens is 482 g/mol. The first-order valence-electron chi connectivity index (χ1n) is 10.2. The summed E-state index contributed by atoms with van der Waals surface area (Å²) in [7, 11) is 0. The third kappa shape index (κ3) is 6.39. The van der Waals surface area contributed by atoms with Crippen molar-refractivity contribution in [1.29, 1.82) is 5.26 Å². The van der Waals surface area contributed by atoms with Crippen molar-refractivity contribution in [2.24, 2.45) is 5.73 Å². The van der Waals surface area contributed by atoms with E-state index in [4.69, 9.17) is 43.5 Å². The topological polar surface area (TPSA) is 106 Å². The minimum Gasteiger partial charge on any atom is -0.488 e. The van der Waals surface area contributed by atoms with Crippen molar-refractivity contribution < 1.29 is 23.8 Å². The van der Waals surface area contributed by atoms with Gasteiger partial charge in [0.05, 0.1) is 21.7 Å². The lowest BCUT2D eigenvalue weighted by molar-refractivity contribution is -0.138. The predicted molar refractivity (Wildman–Crippen MR) is 127 cm³/mol. The zero-order chi connectivity index (χ0) is 24.8. The Morgan fingerprint density at radius 3 is 2.35 bits per heavy atom. The number of nitrogens with two attached hydrogens (primary N) is 1. The van der Waals surface area contributed by atoms with Crippen molar-refractivity contribution >= 4 is 29.2 Å². The molecule has 0 aromatic heterocycles. The maximum Gasteiger partial charge on any atom is 0.320 e. The van der Waals surface area contributed by atoms with Crippen LogP contribution in [0.1, 0.15) is 35.3 Å². The van der Waals surface area contributed by atoms with Gasteiger partial charge in [0.25, 0.3) is 0 Å². The Bertz CT molecular complexity index is 1210. The molecule has 176 valence electrons. The summed E-state index contributed by atoms with van der Waals surface area (Å²) in [5, 5.41) is 18.7. The van der Waals surface area contributed by atoms with E-state index in [1.165, 1.54) is 12.1 Å². The first-order valence-corrected chi connectivity index (χ1v) is 11.0. The average Bonchev–Trinajstić information content (AvgIpc) is 2.80. The number of rotatable bonds is 9. The molecule has 9 heteroatoms. The molecule has 0 aliphatic rings. The van der Waals surface area contributed by atoms with E-state index in [-0.39, 0.29) is 34.6 Å². The van der Waals surface area contributed by atoms with Gasteiger partial charge in [-0.25, -0.2) is 4.39 Å². The van der Waals surface area contributed by atoms with Gasteiger partial charge in [-0.3, -0.25) is 4.79 Å². The summed E-state index contributed by atoms with van der Waals surface area (Å²) < 4.78 is 25.1. The van der Waals surface area contributed by atoms with Gasteiger partial charge < -0.3 is 20.3 Å². The lowest BCUT2D eigenvalue weighted by Crippen LogP contribution is -2.32. The highest BCUT2D eigenvalue weighted by Gasteiger charge is 2.20. The number of ether oxygens (including phenoxy) is 2. The molecule has 2 unspecified atom stereocenters. The second-order valence-electron chi connectivity index (χ2n) is 7.58. The molecule has 3 N–H and O–H groups in total. The van der Waals surface area contributed by atoms with Crippen LogP contribution in [-0.2, 0) is 17.8 Å². The minimum absolute atomic E-state index is 0.0518. The largest absolute Gasteiger partial charge is 0.488 e. The molecule has 0 fully saturated rings. The molecule has 0 aliphatic carbocycles. The van der Waals surface area contributed by atoms with Gasteiger partial charge in [0.2, 0.25) is 0 Å². The Kier molecular flexibility index (Phi) is 8.35. The van der Waals surface area contributed by atoms with E-state index in [1.807, 2.05) is 0 Å². The van der Waals surface area contributed by atoms with Crippen molar-refractivity contribution in [1.82, 2.24) is 0 Å². The number of carboxylic acids is 1. The van der Waals surface area contributed by atoms with Crippen molar-refractivity contribution in [3.63, 3.8) is 0 Å². The van der Waals surface area contributed by atoms with Gasteiger partial charge in [-0.05, 0) is 66.9 Å². The van der Waals surface area contributed by atoms with Gasteiger partial charge in [0, 0.05) is 5.56 Å². The van der Waals surface area contributed by atoms with E-state index in [1.54, 1.807) is 49.4 Å². The monoisotopic (exact) mass is 502 g/mol. The Morgan fingerprint density at radius 1 is 1.12 bits per heavy atom. The highest BCUT2D eigenvalue weighted by Crippen LogP contribution is 2.39. The number of carboxylic acid groups (broad SMARTS) is 1. The maximum absolute atomic E-state index is 13.2. The number of halogens is 3. The van der Waals surface area contributed by atoms with E-state index >= 15 is 0 Å². The van der Waals surface area contributed by atoms with E-state index in [2.05, 4.69) is 6.07 Å². The molecule has 0 aliphatic heterocycles. The van der Waals surface area contributed by atoms with Crippen LogP contribution >= 0.6 is 23.2 Å². The first kappa shape index (κ1) is 25.3. The third-order valence-corrected chi connectivity index (χ3v) is 5.57. The number of nitriles is 1. The first-order chi connectivity index (χ1) is 16.2. The number of carbonyl (C=O) groups is 1. The van der Waals surface area contributed by atoms with Gasteiger partial charge >= 0.3 is 5.97 Å². The molecule has 0 amide bonds.